The molecule has 0 N–H and O–H groups in total. The summed E-state index contributed by atoms with van der Waals surface area (Å²) in [4.78, 5) is 16.2. The Morgan fingerprint density at radius 2 is 2.44 bits per heavy atom. The third kappa shape index (κ3) is 2.13. The summed E-state index contributed by atoms with van der Waals surface area (Å²) in [6, 6.07) is 1.79. The van der Waals surface area contributed by atoms with Gasteiger partial charge in [-0.2, -0.15) is 0 Å². The second kappa shape index (κ2) is 4.92. The fraction of sp³-hybridized carbons (Fsp3) is 0.385. The summed E-state index contributed by atoms with van der Waals surface area (Å²) in [5, 5.41) is 0. The number of nitrogens with zero attached hydrogens (tertiary/aromatic N) is 1. The van der Waals surface area contributed by atoms with Crippen LogP contribution in [0, 0.1) is 0 Å². The molecule has 0 radical (unpaired) electrons. The van der Waals surface area contributed by atoms with Gasteiger partial charge in [-0.05, 0) is 30.9 Å². The zero-order valence-corrected chi connectivity index (χ0v) is 9.40. The van der Waals surface area contributed by atoms with Gasteiger partial charge in [0, 0.05) is 23.5 Å². The minimum Gasteiger partial charge on any atom is -0.501 e. The van der Waals surface area contributed by atoms with Gasteiger partial charge in [0.1, 0.15) is 0 Å². The molecule has 0 aliphatic carbocycles. The van der Waals surface area contributed by atoms with E-state index in [0.717, 1.165) is 36.0 Å². The fourth-order valence-corrected chi connectivity index (χ4v) is 1.83. The van der Waals surface area contributed by atoms with Crippen molar-refractivity contribution in [3.63, 3.8) is 0 Å². The van der Waals surface area contributed by atoms with Gasteiger partial charge in [-0.25, -0.2) is 0 Å². The molecule has 3 heteroatoms. The van der Waals surface area contributed by atoms with E-state index in [0.29, 0.717) is 6.61 Å². The fourth-order valence-electron chi connectivity index (χ4n) is 1.83. The Labute approximate surface area is 95.2 Å². The minimum absolute atomic E-state index is 0.0824. The Morgan fingerprint density at radius 3 is 3.12 bits per heavy atom. The summed E-state index contributed by atoms with van der Waals surface area (Å²) < 4.78 is 5.20. The highest BCUT2D eigenvalue weighted by Crippen LogP contribution is 2.19. The lowest BCUT2D eigenvalue weighted by Crippen LogP contribution is -2.11. The number of ketones is 1. The number of carbonyl (C=O) groups is 1. The first-order valence-electron chi connectivity index (χ1n) is 5.61. The summed E-state index contributed by atoms with van der Waals surface area (Å²) in [6.07, 6.45) is 7.58. The van der Waals surface area contributed by atoms with Gasteiger partial charge in [-0.15, -0.1) is 0 Å². The average Bonchev–Trinajstić information content (AvgIpc) is 2.39. The monoisotopic (exact) mass is 217 g/mol. The lowest BCUT2D eigenvalue weighted by Gasteiger charge is -2.13. The SMILES string of the molecule is CCc1cnccc1C(=O)C1=COCCC1. The number of Topliss-reactive ketones (excluding diaryl/α,β-unsaturated/α-hetero) is 1. The van der Waals surface area contributed by atoms with E-state index in [-0.39, 0.29) is 5.78 Å². The summed E-state index contributed by atoms with van der Waals surface area (Å²) in [6.45, 7) is 2.74. The number of allylic oxidation sites excluding steroid dienone is 1. The van der Waals surface area contributed by atoms with Gasteiger partial charge in [0.2, 0.25) is 0 Å². The first-order valence-corrected chi connectivity index (χ1v) is 5.61. The van der Waals surface area contributed by atoms with Gasteiger partial charge >= 0.3 is 0 Å². The Bertz CT molecular complexity index is 424. The van der Waals surface area contributed by atoms with Crippen molar-refractivity contribution in [1.82, 2.24) is 4.98 Å². The highest BCUT2D eigenvalue weighted by Gasteiger charge is 2.17. The molecular weight excluding hydrogens is 202 g/mol. The number of aromatic nitrogens is 1. The van der Waals surface area contributed by atoms with E-state index < -0.39 is 0 Å². The molecule has 0 aromatic carbocycles. The topological polar surface area (TPSA) is 39.2 Å². The van der Waals surface area contributed by atoms with Gasteiger partial charge < -0.3 is 4.74 Å². The molecule has 2 heterocycles. The number of hydrogen-bond acceptors (Lipinski definition) is 3. The van der Waals surface area contributed by atoms with Gasteiger partial charge in [0.15, 0.2) is 5.78 Å². The van der Waals surface area contributed by atoms with Gasteiger partial charge in [-0.3, -0.25) is 9.78 Å². The lowest BCUT2D eigenvalue weighted by atomic mass is 9.96. The molecule has 0 amide bonds. The van der Waals surface area contributed by atoms with E-state index in [1.807, 2.05) is 6.92 Å². The standard InChI is InChI=1S/C13H15NO2/c1-2-10-8-14-6-5-12(10)13(15)11-4-3-7-16-9-11/h5-6,8-9H,2-4,7H2,1H3. The second-order valence-corrected chi connectivity index (χ2v) is 3.83. The molecule has 0 saturated heterocycles. The summed E-state index contributed by atoms with van der Waals surface area (Å²) in [5.41, 5.74) is 2.53. The van der Waals surface area contributed by atoms with Crippen LogP contribution in [-0.2, 0) is 11.2 Å². The van der Waals surface area contributed by atoms with E-state index >= 15 is 0 Å². The van der Waals surface area contributed by atoms with Crippen molar-refractivity contribution >= 4 is 5.78 Å². The number of rotatable bonds is 3. The first-order chi connectivity index (χ1) is 7.83. The molecule has 1 aliphatic rings. The van der Waals surface area contributed by atoms with E-state index in [2.05, 4.69) is 4.98 Å². The molecule has 0 fully saturated rings. The van der Waals surface area contributed by atoms with Crippen LogP contribution in [0.2, 0.25) is 0 Å². The van der Waals surface area contributed by atoms with E-state index in [1.165, 1.54) is 0 Å². The smallest absolute Gasteiger partial charge is 0.192 e. The van der Waals surface area contributed by atoms with Crippen LogP contribution in [0.1, 0.15) is 35.7 Å². The molecule has 0 spiro atoms. The Morgan fingerprint density at radius 1 is 1.56 bits per heavy atom. The van der Waals surface area contributed by atoms with Crippen molar-refractivity contribution in [3.8, 4) is 0 Å². The number of carbonyl (C=O) groups excluding carboxylic acids is 1. The summed E-state index contributed by atoms with van der Waals surface area (Å²) >= 11 is 0. The summed E-state index contributed by atoms with van der Waals surface area (Å²) in [5.74, 6) is 0.0824. The number of ether oxygens (including phenoxy) is 1. The van der Waals surface area contributed by atoms with Crippen LogP contribution >= 0.6 is 0 Å². The van der Waals surface area contributed by atoms with Crippen LogP contribution in [-0.4, -0.2) is 17.4 Å². The van der Waals surface area contributed by atoms with Crippen LogP contribution in [0.3, 0.4) is 0 Å². The van der Waals surface area contributed by atoms with Crippen molar-refractivity contribution < 1.29 is 9.53 Å². The van der Waals surface area contributed by atoms with Crippen LogP contribution in [0.4, 0.5) is 0 Å². The molecule has 84 valence electrons. The summed E-state index contributed by atoms with van der Waals surface area (Å²) in [7, 11) is 0. The third-order valence-electron chi connectivity index (χ3n) is 2.75. The molecule has 2 rings (SSSR count). The lowest BCUT2D eigenvalue weighted by molar-refractivity contribution is 0.101. The maximum absolute atomic E-state index is 12.2. The van der Waals surface area contributed by atoms with E-state index in [9.17, 15) is 4.79 Å². The van der Waals surface area contributed by atoms with Crippen molar-refractivity contribution in [1.29, 1.82) is 0 Å². The molecular formula is C13H15NO2. The molecule has 1 aliphatic heterocycles. The number of pyridine rings is 1. The molecule has 3 nitrogen and oxygen atoms in total. The highest BCUT2D eigenvalue weighted by molar-refractivity contribution is 6.09. The van der Waals surface area contributed by atoms with Crippen LogP contribution in [0.15, 0.2) is 30.3 Å². The van der Waals surface area contributed by atoms with Crippen LogP contribution < -0.4 is 0 Å². The highest BCUT2D eigenvalue weighted by atomic mass is 16.5. The predicted molar refractivity (Wildman–Crippen MR) is 61.2 cm³/mol. The Kier molecular flexibility index (Phi) is 3.34. The number of hydrogen-bond donors (Lipinski definition) is 0. The van der Waals surface area contributed by atoms with E-state index in [4.69, 9.17) is 4.74 Å². The largest absolute Gasteiger partial charge is 0.501 e. The van der Waals surface area contributed by atoms with Crippen LogP contribution in [0.25, 0.3) is 0 Å². The van der Waals surface area contributed by atoms with Crippen molar-refractivity contribution in [2.45, 2.75) is 26.2 Å². The molecule has 0 saturated carbocycles. The third-order valence-corrected chi connectivity index (χ3v) is 2.75. The van der Waals surface area contributed by atoms with Crippen molar-refractivity contribution in [3.05, 3.63) is 41.4 Å². The minimum atomic E-state index is 0.0824. The normalized spacial score (nSPS) is 15.2. The predicted octanol–water partition coefficient (Wildman–Crippen LogP) is 2.52. The maximum atomic E-state index is 12.2. The molecule has 0 unspecified atom stereocenters. The maximum Gasteiger partial charge on any atom is 0.192 e. The zero-order valence-electron chi connectivity index (χ0n) is 9.40. The Hall–Kier alpha value is -1.64. The van der Waals surface area contributed by atoms with Crippen LogP contribution in [0.5, 0.6) is 0 Å². The molecule has 0 bridgehead atoms. The zero-order chi connectivity index (χ0) is 11.4. The second-order valence-electron chi connectivity index (χ2n) is 3.83. The average molecular weight is 217 g/mol. The van der Waals surface area contributed by atoms with Gasteiger partial charge in [0.05, 0.1) is 12.9 Å². The quantitative estimate of drug-likeness (QED) is 0.730. The van der Waals surface area contributed by atoms with E-state index in [1.54, 1.807) is 24.7 Å². The van der Waals surface area contributed by atoms with Crippen molar-refractivity contribution in [2.75, 3.05) is 6.61 Å². The van der Waals surface area contributed by atoms with Crippen molar-refractivity contribution in [2.24, 2.45) is 0 Å². The number of aryl methyl sites for hydroxylation is 1. The molecule has 1 aromatic heterocycles. The molecule has 1 aromatic rings. The Balaban J connectivity index is 2.29. The molecule has 16 heavy (non-hydrogen) atoms. The van der Waals surface area contributed by atoms with Gasteiger partial charge in [-0.1, -0.05) is 6.92 Å². The van der Waals surface area contributed by atoms with Gasteiger partial charge in [0.25, 0.3) is 0 Å². The molecule has 0 atom stereocenters. The first kappa shape index (κ1) is 10.9.